The Balaban J connectivity index is 2.18. The zero-order valence-electron chi connectivity index (χ0n) is 15.5. The van der Waals surface area contributed by atoms with Crippen LogP contribution in [-0.4, -0.2) is 46.0 Å². The number of ether oxygens (including phenoxy) is 1. The van der Waals surface area contributed by atoms with Crippen LogP contribution in [-0.2, 0) is 4.74 Å². The standard InChI is InChI=1S/C18H25N3O4/c1-17(2,3)13(20-16(24)25-18(4,5)6)10-21-14(22)11-7-8-19-9-12(11)15(21)23/h7-9,13H,10H2,1-6H3,(H,20,24)/t13-/m0/s1. The van der Waals surface area contributed by atoms with Crippen LogP contribution in [0.15, 0.2) is 18.5 Å². The molecule has 2 rings (SSSR count). The molecule has 1 atom stereocenters. The smallest absolute Gasteiger partial charge is 0.407 e. The second kappa shape index (κ2) is 6.46. The molecule has 2 heterocycles. The van der Waals surface area contributed by atoms with Crippen molar-refractivity contribution in [3.63, 3.8) is 0 Å². The Labute approximate surface area is 147 Å². The number of rotatable bonds is 3. The molecule has 0 saturated heterocycles. The highest BCUT2D eigenvalue weighted by molar-refractivity contribution is 6.21. The highest BCUT2D eigenvalue weighted by atomic mass is 16.6. The zero-order valence-corrected chi connectivity index (χ0v) is 15.5. The molecule has 25 heavy (non-hydrogen) atoms. The van der Waals surface area contributed by atoms with Crippen LogP contribution in [0.2, 0.25) is 0 Å². The molecule has 0 saturated carbocycles. The highest BCUT2D eigenvalue weighted by Crippen LogP contribution is 2.26. The summed E-state index contributed by atoms with van der Waals surface area (Å²) in [6.45, 7) is 11.2. The predicted molar refractivity (Wildman–Crippen MR) is 92.2 cm³/mol. The second-order valence-electron chi connectivity index (χ2n) is 8.21. The molecule has 1 aromatic rings. The Morgan fingerprint density at radius 3 is 2.28 bits per heavy atom. The number of imide groups is 1. The van der Waals surface area contributed by atoms with Crippen LogP contribution in [0.5, 0.6) is 0 Å². The molecule has 1 aliphatic heterocycles. The molecule has 1 N–H and O–H groups in total. The fourth-order valence-corrected chi connectivity index (χ4v) is 2.47. The van der Waals surface area contributed by atoms with Gasteiger partial charge < -0.3 is 10.1 Å². The van der Waals surface area contributed by atoms with E-state index >= 15 is 0 Å². The van der Waals surface area contributed by atoms with Gasteiger partial charge in [-0.2, -0.15) is 0 Å². The number of carbonyl (C=O) groups excluding carboxylic acids is 3. The van der Waals surface area contributed by atoms with E-state index in [2.05, 4.69) is 10.3 Å². The number of nitrogens with zero attached hydrogens (tertiary/aromatic N) is 2. The van der Waals surface area contributed by atoms with Crippen molar-refractivity contribution in [2.75, 3.05) is 6.54 Å². The quantitative estimate of drug-likeness (QED) is 0.849. The van der Waals surface area contributed by atoms with Gasteiger partial charge in [-0.15, -0.1) is 0 Å². The van der Waals surface area contributed by atoms with Crippen molar-refractivity contribution in [2.24, 2.45) is 5.41 Å². The summed E-state index contributed by atoms with van der Waals surface area (Å²) in [7, 11) is 0. The van der Waals surface area contributed by atoms with Crippen molar-refractivity contribution < 1.29 is 19.1 Å². The summed E-state index contributed by atoms with van der Waals surface area (Å²) < 4.78 is 5.29. The first-order valence-electron chi connectivity index (χ1n) is 8.20. The minimum absolute atomic E-state index is 0.0646. The molecule has 0 spiro atoms. The van der Waals surface area contributed by atoms with Gasteiger partial charge in [-0.3, -0.25) is 19.5 Å². The SMILES string of the molecule is CC(C)(C)OC(=O)N[C@@H](CN1C(=O)c2ccncc2C1=O)C(C)(C)C. The van der Waals surface area contributed by atoms with Gasteiger partial charge in [0, 0.05) is 12.4 Å². The maximum Gasteiger partial charge on any atom is 0.407 e. The van der Waals surface area contributed by atoms with E-state index in [4.69, 9.17) is 4.74 Å². The van der Waals surface area contributed by atoms with E-state index in [1.165, 1.54) is 18.5 Å². The van der Waals surface area contributed by atoms with Gasteiger partial charge in [-0.25, -0.2) is 4.79 Å². The largest absolute Gasteiger partial charge is 0.444 e. The van der Waals surface area contributed by atoms with Crippen LogP contribution in [0.4, 0.5) is 4.79 Å². The summed E-state index contributed by atoms with van der Waals surface area (Å²) in [6, 6.07) is 1.07. The van der Waals surface area contributed by atoms with Gasteiger partial charge in [0.05, 0.1) is 23.7 Å². The van der Waals surface area contributed by atoms with E-state index < -0.39 is 23.6 Å². The fraction of sp³-hybridized carbons (Fsp3) is 0.556. The average Bonchev–Trinajstić information content (AvgIpc) is 2.69. The molecule has 7 nitrogen and oxygen atoms in total. The van der Waals surface area contributed by atoms with Crippen molar-refractivity contribution >= 4 is 17.9 Å². The molecule has 0 unspecified atom stereocenters. The van der Waals surface area contributed by atoms with E-state index in [0.29, 0.717) is 5.56 Å². The Morgan fingerprint density at radius 1 is 1.16 bits per heavy atom. The van der Waals surface area contributed by atoms with Crippen molar-refractivity contribution in [2.45, 2.75) is 53.2 Å². The Hall–Kier alpha value is -2.44. The number of amides is 3. The molecule has 1 aromatic heterocycles. The number of alkyl carbamates (subject to hydrolysis) is 1. The molecule has 136 valence electrons. The summed E-state index contributed by atoms with van der Waals surface area (Å²) in [5.41, 5.74) is -0.388. The minimum Gasteiger partial charge on any atom is -0.444 e. The van der Waals surface area contributed by atoms with Gasteiger partial charge in [0.2, 0.25) is 0 Å². The van der Waals surface area contributed by atoms with Gasteiger partial charge in [-0.1, -0.05) is 20.8 Å². The van der Waals surface area contributed by atoms with E-state index in [1.54, 1.807) is 20.8 Å². The van der Waals surface area contributed by atoms with Crippen molar-refractivity contribution in [3.8, 4) is 0 Å². The first-order valence-corrected chi connectivity index (χ1v) is 8.20. The molecule has 3 amide bonds. The van der Waals surface area contributed by atoms with Crippen molar-refractivity contribution in [1.82, 2.24) is 15.2 Å². The van der Waals surface area contributed by atoms with Gasteiger partial charge in [0.25, 0.3) is 11.8 Å². The van der Waals surface area contributed by atoms with Gasteiger partial charge in [0.15, 0.2) is 0 Å². The maximum atomic E-state index is 12.5. The van der Waals surface area contributed by atoms with Crippen molar-refractivity contribution in [3.05, 3.63) is 29.6 Å². The summed E-state index contributed by atoms with van der Waals surface area (Å²) in [5, 5.41) is 2.79. The van der Waals surface area contributed by atoms with Crippen LogP contribution >= 0.6 is 0 Å². The van der Waals surface area contributed by atoms with Crippen molar-refractivity contribution in [1.29, 1.82) is 0 Å². The summed E-state index contributed by atoms with van der Waals surface area (Å²) in [6.07, 6.45) is 2.29. The molecule has 0 bridgehead atoms. The molecule has 0 aliphatic carbocycles. The summed E-state index contributed by atoms with van der Waals surface area (Å²) in [4.78, 5) is 42.2. The number of hydrogen-bond acceptors (Lipinski definition) is 5. The van der Waals surface area contributed by atoms with E-state index in [9.17, 15) is 14.4 Å². The summed E-state index contributed by atoms with van der Waals surface area (Å²) >= 11 is 0. The first kappa shape index (κ1) is 18.9. The van der Waals surface area contributed by atoms with Gasteiger partial charge in [0.1, 0.15) is 5.60 Å². The van der Waals surface area contributed by atoms with Crippen LogP contribution in [0.3, 0.4) is 0 Å². The lowest BCUT2D eigenvalue weighted by Gasteiger charge is -2.34. The van der Waals surface area contributed by atoms with Crippen LogP contribution < -0.4 is 5.32 Å². The third-order valence-corrected chi connectivity index (χ3v) is 3.87. The lowest BCUT2D eigenvalue weighted by Crippen LogP contribution is -2.52. The number of fused-ring (bicyclic) bond motifs is 1. The minimum atomic E-state index is -0.631. The fourth-order valence-electron chi connectivity index (χ4n) is 2.47. The van der Waals surface area contributed by atoms with Gasteiger partial charge >= 0.3 is 6.09 Å². The maximum absolute atomic E-state index is 12.5. The Morgan fingerprint density at radius 2 is 1.76 bits per heavy atom. The third kappa shape index (κ3) is 4.35. The lowest BCUT2D eigenvalue weighted by atomic mass is 9.86. The highest BCUT2D eigenvalue weighted by Gasteiger charge is 2.39. The predicted octanol–water partition coefficient (Wildman–Crippen LogP) is 2.62. The second-order valence-corrected chi connectivity index (χ2v) is 8.21. The van der Waals surface area contributed by atoms with E-state index in [0.717, 1.165) is 4.90 Å². The van der Waals surface area contributed by atoms with E-state index in [1.807, 2.05) is 20.8 Å². The van der Waals surface area contributed by atoms with Crippen LogP contribution in [0.1, 0.15) is 62.3 Å². The number of pyridine rings is 1. The van der Waals surface area contributed by atoms with Crippen LogP contribution in [0.25, 0.3) is 0 Å². The molecular weight excluding hydrogens is 322 g/mol. The molecule has 0 aromatic carbocycles. The Bertz CT molecular complexity index is 666. The zero-order chi connectivity index (χ0) is 19.0. The Kier molecular flexibility index (Phi) is 4.88. The van der Waals surface area contributed by atoms with Gasteiger partial charge in [-0.05, 0) is 32.3 Å². The lowest BCUT2D eigenvalue weighted by molar-refractivity contribution is 0.0410. The number of nitrogens with one attached hydrogen (secondary N) is 1. The monoisotopic (exact) mass is 347 g/mol. The summed E-state index contributed by atoms with van der Waals surface area (Å²) in [5.74, 6) is -0.768. The topological polar surface area (TPSA) is 88.6 Å². The average molecular weight is 347 g/mol. The molecule has 1 aliphatic rings. The first-order chi connectivity index (χ1) is 11.4. The number of aromatic nitrogens is 1. The normalized spacial score (nSPS) is 15.8. The number of carbonyl (C=O) groups is 3. The van der Waals surface area contributed by atoms with Crippen LogP contribution in [0, 0.1) is 5.41 Å². The van der Waals surface area contributed by atoms with E-state index in [-0.39, 0.29) is 23.4 Å². The molecule has 7 heteroatoms. The molecule has 0 radical (unpaired) electrons. The third-order valence-electron chi connectivity index (χ3n) is 3.87. The molecule has 0 fully saturated rings. The molecular formula is C18H25N3O4. The number of hydrogen-bond donors (Lipinski definition) is 1.